The molecule has 9 heteroatoms. The first-order valence-electron chi connectivity index (χ1n) is 12.5. The van der Waals surface area contributed by atoms with Crippen molar-refractivity contribution in [1.82, 2.24) is 19.6 Å². The average molecular weight is 489 g/mol. The lowest BCUT2D eigenvalue weighted by Gasteiger charge is -2.61. The number of hydrogen-bond donors (Lipinski definition) is 3. The Morgan fingerprint density at radius 3 is 2.76 bits per heavy atom. The molecule has 5 aliphatic rings. The fourth-order valence-electron chi connectivity index (χ4n) is 7.89. The highest BCUT2D eigenvalue weighted by atomic mass is 32.2. The maximum absolute atomic E-state index is 14.9. The van der Waals surface area contributed by atoms with Crippen molar-refractivity contribution in [3.63, 3.8) is 0 Å². The van der Waals surface area contributed by atoms with Crippen LogP contribution in [0.5, 0.6) is 0 Å². The van der Waals surface area contributed by atoms with Crippen LogP contribution in [0.3, 0.4) is 0 Å². The van der Waals surface area contributed by atoms with Crippen LogP contribution in [0.1, 0.15) is 57.1 Å². The minimum atomic E-state index is -3.22. The van der Waals surface area contributed by atoms with Gasteiger partial charge in [0.05, 0.1) is 42.8 Å². The maximum atomic E-state index is 14.9. The number of fused-ring (bicyclic) bond motifs is 3. The number of sulfonamides is 1. The Morgan fingerprint density at radius 2 is 2.03 bits per heavy atom. The monoisotopic (exact) mass is 488 g/mol. The first-order chi connectivity index (χ1) is 16.3. The molecule has 3 N–H and O–H groups in total. The van der Waals surface area contributed by atoms with Gasteiger partial charge < -0.3 is 15.0 Å². The Morgan fingerprint density at radius 1 is 1.26 bits per heavy atom. The van der Waals surface area contributed by atoms with Crippen molar-refractivity contribution in [3.05, 3.63) is 42.1 Å². The van der Waals surface area contributed by atoms with Gasteiger partial charge in [0, 0.05) is 17.2 Å². The highest BCUT2D eigenvalue weighted by Crippen LogP contribution is 2.62. The molecule has 0 spiro atoms. The van der Waals surface area contributed by atoms with Gasteiger partial charge in [-0.3, -0.25) is 0 Å². The first kappa shape index (κ1) is 22.6. The van der Waals surface area contributed by atoms with Crippen LogP contribution in [-0.4, -0.2) is 47.6 Å². The fraction of sp³-hybridized carbons (Fsp3) is 0.640. The maximum Gasteiger partial charge on any atom is 0.212 e. The van der Waals surface area contributed by atoms with Crippen molar-refractivity contribution in [2.24, 2.45) is 23.2 Å². The van der Waals surface area contributed by atoms with E-state index < -0.39 is 16.1 Å². The molecule has 4 fully saturated rings. The van der Waals surface area contributed by atoms with Gasteiger partial charge in [0.15, 0.2) is 0 Å². The number of hydrogen-bond acceptors (Lipinski definition) is 5. The molecule has 4 atom stereocenters. The number of nitrogens with one attached hydrogen (secondary N) is 2. The van der Waals surface area contributed by atoms with Crippen LogP contribution < -0.4 is 10.0 Å². The van der Waals surface area contributed by atoms with E-state index in [1.54, 1.807) is 25.5 Å². The number of aliphatic hydroxyl groups is 1. The standard InChI is InChI=1S/C25H33FN4O3S/c1-2-34(32,33)29-13-28-24-16-6-15-7-17(24)11-25(9-15,10-16)22(31)8-20-23-18(4-3-5-19(23)26)21-12-27-14-30(20)21/h3-5,12,14-17,20,22,24,28-29,31H,2,6-11,13H2,1H3. The lowest BCUT2D eigenvalue weighted by molar-refractivity contribution is -0.137. The highest BCUT2D eigenvalue weighted by Gasteiger charge is 2.58. The van der Waals surface area contributed by atoms with Gasteiger partial charge in [-0.1, -0.05) is 12.1 Å². The number of benzene rings is 1. The second-order valence-electron chi connectivity index (χ2n) is 10.9. The molecule has 184 valence electrons. The Kier molecular flexibility index (Phi) is 5.40. The van der Waals surface area contributed by atoms with Gasteiger partial charge in [-0.25, -0.2) is 22.5 Å². The molecule has 34 heavy (non-hydrogen) atoms. The minimum absolute atomic E-state index is 0.0765. The second kappa shape index (κ2) is 8.11. The van der Waals surface area contributed by atoms with Crippen LogP contribution in [0.15, 0.2) is 30.7 Å². The lowest BCUT2D eigenvalue weighted by atomic mass is 9.46. The lowest BCUT2D eigenvalue weighted by Crippen LogP contribution is -2.62. The zero-order chi connectivity index (χ0) is 23.7. The smallest absolute Gasteiger partial charge is 0.212 e. The van der Waals surface area contributed by atoms with E-state index in [0.29, 0.717) is 29.7 Å². The number of nitrogens with zero attached hydrogens (tertiary/aromatic N) is 2. The van der Waals surface area contributed by atoms with Crippen molar-refractivity contribution < 1.29 is 17.9 Å². The molecular weight excluding hydrogens is 455 g/mol. The molecular formula is C25H33FN4O3S. The van der Waals surface area contributed by atoms with E-state index >= 15 is 0 Å². The van der Waals surface area contributed by atoms with Gasteiger partial charge in [0.2, 0.25) is 10.0 Å². The molecule has 2 aromatic rings. The van der Waals surface area contributed by atoms with Crippen LogP contribution in [0, 0.1) is 29.0 Å². The molecule has 2 heterocycles. The Balaban J connectivity index is 1.20. The largest absolute Gasteiger partial charge is 0.392 e. The SMILES string of the molecule is CCS(=O)(=O)NCNC1C2CC3CC1CC(C(O)CC1c4c(F)cccc4-c4cncn41)(C3)C2. The van der Waals surface area contributed by atoms with E-state index in [4.69, 9.17) is 0 Å². The summed E-state index contributed by atoms with van der Waals surface area (Å²) < 4.78 is 43.2. The molecule has 7 rings (SSSR count). The van der Waals surface area contributed by atoms with Crippen molar-refractivity contribution in [1.29, 1.82) is 0 Å². The molecule has 4 bridgehead atoms. The molecule has 0 saturated heterocycles. The van der Waals surface area contributed by atoms with Crippen molar-refractivity contribution in [3.8, 4) is 11.3 Å². The summed E-state index contributed by atoms with van der Waals surface area (Å²) >= 11 is 0. The quantitative estimate of drug-likeness (QED) is 0.497. The molecule has 4 unspecified atom stereocenters. The third-order valence-corrected chi connectivity index (χ3v) is 10.5. The van der Waals surface area contributed by atoms with E-state index in [-0.39, 0.29) is 35.7 Å². The molecule has 1 aliphatic heterocycles. The summed E-state index contributed by atoms with van der Waals surface area (Å²) in [6.45, 7) is 1.90. The summed E-state index contributed by atoms with van der Waals surface area (Å²) in [4.78, 5) is 4.29. The Hall–Kier alpha value is -1.81. The topological polar surface area (TPSA) is 96.2 Å². The average Bonchev–Trinajstić information content (AvgIpc) is 3.38. The highest BCUT2D eigenvalue weighted by molar-refractivity contribution is 7.89. The van der Waals surface area contributed by atoms with Crippen LogP contribution >= 0.6 is 0 Å². The normalized spacial score (nSPS) is 34.3. The van der Waals surface area contributed by atoms with E-state index in [1.165, 1.54) is 6.07 Å². The molecule has 1 aromatic carbocycles. The Bertz CT molecular complexity index is 1180. The Labute approximate surface area is 200 Å². The van der Waals surface area contributed by atoms with Crippen LogP contribution in [-0.2, 0) is 10.0 Å². The van der Waals surface area contributed by atoms with Crippen molar-refractivity contribution >= 4 is 10.0 Å². The third kappa shape index (κ3) is 3.54. The van der Waals surface area contributed by atoms with Crippen LogP contribution in [0.2, 0.25) is 0 Å². The predicted molar refractivity (Wildman–Crippen MR) is 127 cm³/mol. The van der Waals surface area contributed by atoms with Crippen LogP contribution in [0.4, 0.5) is 4.39 Å². The summed E-state index contributed by atoms with van der Waals surface area (Å²) in [5.41, 5.74) is 2.31. The first-order valence-corrected chi connectivity index (χ1v) is 14.1. The minimum Gasteiger partial charge on any atom is -0.392 e. The molecule has 4 saturated carbocycles. The van der Waals surface area contributed by atoms with E-state index in [1.807, 2.05) is 10.6 Å². The molecule has 4 aliphatic carbocycles. The molecule has 1 aromatic heterocycles. The zero-order valence-electron chi connectivity index (χ0n) is 19.5. The second-order valence-corrected chi connectivity index (χ2v) is 13.0. The van der Waals surface area contributed by atoms with Crippen molar-refractivity contribution in [2.75, 3.05) is 12.4 Å². The number of halogens is 1. The molecule has 0 radical (unpaired) electrons. The van der Waals surface area contributed by atoms with Gasteiger partial charge in [-0.15, -0.1) is 0 Å². The van der Waals surface area contributed by atoms with Gasteiger partial charge in [-0.2, -0.15) is 0 Å². The van der Waals surface area contributed by atoms with Gasteiger partial charge >= 0.3 is 0 Å². The van der Waals surface area contributed by atoms with E-state index in [0.717, 1.165) is 43.4 Å². The third-order valence-electron chi connectivity index (χ3n) is 9.15. The fourth-order valence-corrected chi connectivity index (χ4v) is 8.40. The van der Waals surface area contributed by atoms with Gasteiger partial charge in [0.1, 0.15) is 5.82 Å². The number of aromatic nitrogens is 2. The van der Waals surface area contributed by atoms with E-state index in [9.17, 15) is 17.9 Å². The number of rotatable bonds is 8. The summed E-state index contributed by atoms with van der Waals surface area (Å²) in [5.74, 6) is 1.33. The molecule has 7 nitrogen and oxygen atoms in total. The summed E-state index contributed by atoms with van der Waals surface area (Å²) in [5, 5.41) is 15.2. The van der Waals surface area contributed by atoms with Crippen molar-refractivity contribution in [2.45, 2.75) is 63.6 Å². The number of imidazole rings is 1. The van der Waals surface area contributed by atoms with Gasteiger partial charge in [0.25, 0.3) is 0 Å². The number of aliphatic hydroxyl groups excluding tert-OH is 1. The predicted octanol–water partition coefficient (Wildman–Crippen LogP) is 3.02. The summed E-state index contributed by atoms with van der Waals surface area (Å²) in [6.07, 6.45) is 8.67. The van der Waals surface area contributed by atoms with Crippen LogP contribution in [0.25, 0.3) is 11.3 Å². The molecule has 0 amide bonds. The summed E-state index contributed by atoms with van der Waals surface area (Å²) in [7, 11) is -3.22. The summed E-state index contributed by atoms with van der Waals surface area (Å²) in [6, 6.07) is 5.21. The van der Waals surface area contributed by atoms with Gasteiger partial charge in [-0.05, 0) is 74.7 Å². The van der Waals surface area contributed by atoms with E-state index in [2.05, 4.69) is 15.0 Å². The zero-order valence-corrected chi connectivity index (χ0v) is 20.3.